The van der Waals surface area contributed by atoms with Crippen LogP contribution < -0.4 is 15.8 Å². The van der Waals surface area contributed by atoms with Crippen molar-refractivity contribution in [2.24, 2.45) is 0 Å². The SMILES string of the molecule is CCn1cnnc1CNC(=O)COc1cccc(N)c1. The molecule has 0 radical (unpaired) electrons. The summed E-state index contributed by atoms with van der Waals surface area (Å²) in [4.78, 5) is 11.7. The predicted octanol–water partition coefficient (Wildman–Crippen LogP) is 0.575. The van der Waals surface area contributed by atoms with Crippen molar-refractivity contribution in [2.75, 3.05) is 12.3 Å². The maximum atomic E-state index is 11.7. The lowest BCUT2D eigenvalue weighted by atomic mass is 10.3. The minimum atomic E-state index is -0.224. The number of hydrogen-bond acceptors (Lipinski definition) is 5. The van der Waals surface area contributed by atoms with Gasteiger partial charge in [-0.05, 0) is 19.1 Å². The molecule has 2 aromatic rings. The Kier molecular flexibility index (Phi) is 4.54. The Morgan fingerprint density at radius 2 is 2.35 bits per heavy atom. The molecule has 0 aliphatic rings. The first-order chi connectivity index (χ1) is 9.69. The molecule has 0 aliphatic heterocycles. The number of ether oxygens (including phenoxy) is 1. The lowest BCUT2D eigenvalue weighted by Gasteiger charge is -2.08. The molecule has 1 aromatic carbocycles. The number of hydrogen-bond donors (Lipinski definition) is 2. The number of carbonyl (C=O) groups excluding carboxylic acids is 1. The van der Waals surface area contributed by atoms with E-state index in [0.717, 1.165) is 6.54 Å². The Morgan fingerprint density at radius 1 is 1.50 bits per heavy atom. The molecule has 3 N–H and O–H groups in total. The van der Waals surface area contributed by atoms with Crippen LogP contribution in [0.1, 0.15) is 12.7 Å². The number of amides is 1. The molecule has 0 aliphatic carbocycles. The number of rotatable bonds is 6. The van der Waals surface area contributed by atoms with Gasteiger partial charge in [-0.2, -0.15) is 0 Å². The topological polar surface area (TPSA) is 95.1 Å². The first-order valence-electron chi connectivity index (χ1n) is 6.30. The normalized spacial score (nSPS) is 10.2. The maximum Gasteiger partial charge on any atom is 0.258 e. The molecule has 7 heteroatoms. The van der Waals surface area contributed by atoms with E-state index in [1.807, 2.05) is 11.5 Å². The van der Waals surface area contributed by atoms with Crippen LogP contribution in [-0.4, -0.2) is 27.3 Å². The molecule has 1 heterocycles. The lowest BCUT2D eigenvalue weighted by Crippen LogP contribution is -2.29. The van der Waals surface area contributed by atoms with Gasteiger partial charge < -0.3 is 20.4 Å². The second-order valence-corrected chi connectivity index (χ2v) is 4.17. The van der Waals surface area contributed by atoms with Crippen LogP contribution in [0.4, 0.5) is 5.69 Å². The van der Waals surface area contributed by atoms with Gasteiger partial charge in [-0.1, -0.05) is 6.07 Å². The molecular weight excluding hydrogens is 258 g/mol. The number of aryl methyl sites for hydroxylation is 1. The van der Waals surface area contributed by atoms with E-state index in [1.165, 1.54) is 0 Å². The fourth-order valence-corrected chi connectivity index (χ4v) is 1.66. The van der Waals surface area contributed by atoms with Gasteiger partial charge in [-0.15, -0.1) is 10.2 Å². The van der Waals surface area contributed by atoms with Gasteiger partial charge in [0.15, 0.2) is 12.4 Å². The average Bonchev–Trinajstić information content (AvgIpc) is 2.90. The van der Waals surface area contributed by atoms with Gasteiger partial charge in [0.05, 0.1) is 6.54 Å². The largest absolute Gasteiger partial charge is 0.484 e. The van der Waals surface area contributed by atoms with Gasteiger partial charge in [-0.3, -0.25) is 4.79 Å². The summed E-state index contributed by atoms with van der Waals surface area (Å²) in [7, 11) is 0. The van der Waals surface area contributed by atoms with Crippen molar-refractivity contribution < 1.29 is 9.53 Å². The van der Waals surface area contributed by atoms with E-state index in [0.29, 0.717) is 23.8 Å². The van der Waals surface area contributed by atoms with Gasteiger partial charge in [0.25, 0.3) is 5.91 Å². The predicted molar refractivity (Wildman–Crippen MR) is 73.9 cm³/mol. The Balaban J connectivity index is 1.78. The zero-order valence-corrected chi connectivity index (χ0v) is 11.2. The van der Waals surface area contributed by atoms with Crippen LogP contribution in [0.25, 0.3) is 0 Å². The third-order valence-corrected chi connectivity index (χ3v) is 2.71. The monoisotopic (exact) mass is 275 g/mol. The first kappa shape index (κ1) is 13.9. The van der Waals surface area contributed by atoms with Crippen molar-refractivity contribution in [2.45, 2.75) is 20.0 Å². The van der Waals surface area contributed by atoms with Crippen molar-refractivity contribution in [1.82, 2.24) is 20.1 Å². The molecule has 20 heavy (non-hydrogen) atoms. The molecule has 0 spiro atoms. The number of benzene rings is 1. The zero-order chi connectivity index (χ0) is 14.4. The van der Waals surface area contributed by atoms with Crippen molar-refractivity contribution in [3.63, 3.8) is 0 Å². The van der Waals surface area contributed by atoms with E-state index in [4.69, 9.17) is 10.5 Å². The second kappa shape index (κ2) is 6.55. The van der Waals surface area contributed by atoms with E-state index >= 15 is 0 Å². The number of nitrogens with zero attached hydrogens (tertiary/aromatic N) is 3. The fourth-order valence-electron chi connectivity index (χ4n) is 1.66. The molecule has 0 bridgehead atoms. The van der Waals surface area contributed by atoms with Crippen LogP contribution in [0.3, 0.4) is 0 Å². The van der Waals surface area contributed by atoms with Crippen molar-refractivity contribution >= 4 is 11.6 Å². The van der Waals surface area contributed by atoms with E-state index in [2.05, 4.69) is 15.5 Å². The number of aromatic nitrogens is 3. The molecule has 0 saturated heterocycles. The maximum absolute atomic E-state index is 11.7. The second-order valence-electron chi connectivity index (χ2n) is 4.17. The number of carbonyl (C=O) groups is 1. The van der Waals surface area contributed by atoms with Crippen LogP contribution in [0.15, 0.2) is 30.6 Å². The lowest BCUT2D eigenvalue weighted by molar-refractivity contribution is -0.123. The number of nitrogens with two attached hydrogens (primary N) is 1. The highest BCUT2D eigenvalue weighted by molar-refractivity contribution is 5.77. The summed E-state index contributed by atoms with van der Waals surface area (Å²) in [5.74, 6) is 1.06. The Bertz CT molecular complexity index is 582. The number of nitrogens with one attached hydrogen (secondary N) is 1. The number of anilines is 1. The van der Waals surface area contributed by atoms with E-state index in [-0.39, 0.29) is 12.5 Å². The molecule has 0 atom stereocenters. The average molecular weight is 275 g/mol. The Hall–Kier alpha value is -2.57. The molecule has 1 aromatic heterocycles. The van der Waals surface area contributed by atoms with E-state index < -0.39 is 0 Å². The Labute approximate surface area is 116 Å². The molecular formula is C13H17N5O2. The van der Waals surface area contributed by atoms with Crippen molar-refractivity contribution in [3.05, 3.63) is 36.4 Å². The zero-order valence-electron chi connectivity index (χ0n) is 11.2. The van der Waals surface area contributed by atoms with E-state index in [1.54, 1.807) is 30.6 Å². The van der Waals surface area contributed by atoms with Crippen LogP contribution >= 0.6 is 0 Å². The van der Waals surface area contributed by atoms with Crippen molar-refractivity contribution in [3.8, 4) is 5.75 Å². The summed E-state index contributed by atoms with van der Waals surface area (Å²) in [6.45, 7) is 3.01. The summed E-state index contributed by atoms with van der Waals surface area (Å²) in [5, 5.41) is 10.4. The van der Waals surface area contributed by atoms with Crippen LogP contribution in [0, 0.1) is 0 Å². The summed E-state index contributed by atoms with van der Waals surface area (Å²) >= 11 is 0. The van der Waals surface area contributed by atoms with Crippen LogP contribution in [0.5, 0.6) is 5.75 Å². The quantitative estimate of drug-likeness (QED) is 0.752. The highest BCUT2D eigenvalue weighted by atomic mass is 16.5. The molecule has 7 nitrogen and oxygen atoms in total. The third-order valence-electron chi connectivity index (χ3n) is 2.71. The van der Waals surface area contributed by atoms with Gasteiger partial charge in [0.1, 0.15) is 12.1 Å². The standard InChI is InChI=1S/C13H17N5O2/c1-2-18-9-16-17-12(18)7-15-13(19)8-20-11-5-3-4-10(14)6-11/h3-6,9H,2,7-8,14H2,1H3,(H,15,19). The summed E-state index contributed by atoms with van der Waals surface area (Å²) in [6.07, 6.45) is 1.63. The summed E-state index contributed by atoms with van der Waals surface area (Å²) in [5.41, 5.74) is 6.22. The Morgan fingerprint density at radius 3 is 3.10 bits per heavy atom. The van der Waals surface area contributed by atoms with Gasteiger partial charge in [0, 0.05) is 18.3 Å². The fraction of sp³-hybridized carbons (Fsp3) is 0.308. The molecule has 1 amide bonds. The van der Waals surface area contributed by atoms with Crippen LogP contribution in [-0.2, 0) is 17.9 Å². The van der Waals surface area contributed by atoms with E-state index in [9.17, 15) is 4.79 Å². The third kappa shape index (κ3) is 3.71. The van der Waals surface area contributed by atoms with Crippen molar-refractivity contribution in [1.29, 1.82) is 0 Å². The molecule has 0 unspecified atom stereocenters. The minimum Gasteiger partial charge on any atom is -0.484 e. The van der Waals surface area contributed by atoms with Gasteiger partial charge in [-0.25, -0.2) is 0 Å². The molecule has 106 valence electrons. The molecule has 0 saturated carbocycles. The van der Waals surface area contributed by atoms with Gasteiger partial charge >= 0.3 is 0 Å². The van der Waals surface area contributed by atoms with Gasteiger partial charge in [0.2, 0.25) is 0 Å². The first-order valence-corrected chi connectivity index (χ1v) is 6.30. The number of nitrogen functional groups attached to an aromatic ring is 1. The van der Waals surface area contributed by atoms with Crippen LogP contribution in [0.2, 0.25) is 0 Å². The minimum absolute atomic E-state index is 0.0658. The highest BCUT2D eigenvalue weighted by Crippen LogP contribution is 2.13. The molecule has 2 rings (SSSR count). The summed E-state index contributed by atoms with van der Waals surface area (Å²) < 4.78 is 7.20. The molecule has 0 fully saturated rings. The highest BCUT2D eigenvalue weighted by Gasteiger charge is 2.06. The smallest absolute Gasteiger partial charge is 0.258 e. The summed E-state index contributed by atoms with van der Waals surface area (Å²) in [6, 6.07) is 6.94.